The predicted octanol–water partition coefficient (Wildman–Crippen LogP) is 3.01. The van der Waals surface area contributed by atoms with Gasteiger partial charge in [0.25, 0.3) is 9.05 Å². The zero-order valence-electron chi connectivity index (χ0n) is 9.04. The highest BCUT2D eigenvalue weighted by Crippen LogP contribution is 2.26. The Morgan fingerprint density at radius 2 is 2.06 bits per heavy atom. The van der Waals surface area contributed by atoms with Crippen LogP contribution in [0.1, 0.15) is 19.8 Å². The average molecular weight is 296 g/mol. The van der Waals surface area contributed by atoms with E-state index < -0.39 is 9.05 Å². The molecule has 0 fully saturated rings. The van der Waals surface area contributed by atoms with E-state index >= 15 is 0 Å². The minimum absolute atomic E-state index is 0.0994. The predicted molar refractivity (Wildman–Crippen MR) is 68.0 cm³/mol. The van der Waals surface area contributed by atoms with Gasteiger partial charge in [-0.05, 0) is 24.6 Å². The number of hydrogen-bond donors (Lipinski definition) is 1. The lowest BCUT2D eigenvalue weighted by molar-refractivity contribution is -0.116. The molecule has 0 saturated heterocycles. The van der Waals surface area contributed by atoms with Crippen LogP contribution in [0.4, 0.5) is 5.69 Å². The van der Waals surface area contributed by atoms with Gasteiger partial charge in [-0.1, -0.05) is 18.5 Å². The first-order valence-electron chi connectivity index (χ1n) is 4.88. The lowest BCUT2D eigenvalue weighted by Crippen LogP contribution is -2.11. The largest absolute Gasteiger partial charge is 0.325 e. The SMILES string of the molecule is CCCC(=O)Nc1ccc(S(=O)(=O)Cl)cc1Cl. The number of rotatable bonds is 4. The van der Waals surface area contributed by atoms with E-state index in [9.17, 15) is 13.2 Å². The van der Waals surface area contributed by atoms with Crippen molar-refractivity contribution >= 4 is 42.9 Å². The first kappa shape index (κ1) is 14.3. The molecule has 1 rings (SSSR count). The number of amides is 1. The van der Waals surface area contributed by atoms with Crippen LogP contribution in [0.25, 0.3) is 0 Å². The number of carbonyl (C=O) groups excluding carboxylic acids is 1. The lowest BCUT2D eigenvalue weighted by atomic mass is 10.3. The molecule has 94 valence electrons. The second kappa shape index (κ2) is 5.71. The molecule has 1 aromatic rings. The van der Waals surface area contributed by atoms with Crippen LogP contribution in [-0.2, 0) is 13.8 Å². The highest BCUT2D eigenvalue weighted by Gasteiger charge is 2.13. The van der Waals surface area contributed by atoms with Crippen molar-refractivity contribution in [3.63, 3.8) is 0 Å². The molecule has 0 bridgehead atoms. The normalized spacial score (nSPS) is 11.2. The second-order valence-corrected chi connectivity index (χ2v) is 6.35. The minimum atomic E-state index is -3.81. The summed E-state index contributed by atoms with van der Waals surface area (Å²) in [5.74, 6) is -0.170. The number of carbonyl (C=O) groups is 1. The van der Waals surface area contributed by atoms with Gasteiger partial charge in [-0.3, -0.25) is 4.79 Å². The van der Waals surface area contributed by atoms with E-state index in [0.29, 0.717) is 12.1 Å². The molecule has 1 aromatic carbocycles. The van der Waals surface area contributed by atoms with Gasteiger partial charge in [-0.25, -0.2) is 8.42 Å². The summed E-state index contributed by atoms with van der Waals surface area (Å²) in [5, 5.41) is 2.72. The summed E-state index contributed by atoms with van der Waals surface area (Å²) >= 11 is 5.84. The molecule has 0 aliphatic rings. The van der Waals surface area contributed by atoms with Gasteiger partial charge in [0.2, 0.25) is 5.91 Å². The molecule has 0 unspecified atom stereocenters. The van der Waals surface area contributed by atoms with E-state index in [1.165, 1.54) is 18.2 Å². The summed E-state index contributed by atoms with van der Waals surface area (Å²) in [6.07, 6.45) is 1.10. The third kappa shape index (κ3) is 4.18. The Balaban J connectivity index is 2.95. The van der Waals surface area contributed by atoms with Crippen LogP contribution in [0.5, 0.6) is 0 Å². The van der Waals surface area contributed by atoms with Gasteiger partial charge in [0.15, 0.2) is 0 Å². The monoisotopic (exact) mass is 295 g/mol. The van der Waals surface area contributed by atoms with E-state index in [-0.39, 0.29) is 15.8 Å². The maximum atomic E-state index is 11.3. The van der Waals surface area contributed by atoms with Crippen LogP contribution in [0.15, 0.2) is 23.1 Å². The van der Waals surface area contributed by atoms with Gasteiger partial charge in [0.05, 0.1) is 15.6 Å². The van der Waals surface area contributed by atoms with Crippen LogP contribution < -0.4 is 5.32 Å². The van der Waals surface area contributed by atoms with Gasteiger partial charge >= 0.3 is 0 Å². The van der Waals surface area contributed by atoms with E-state index in [1.54, 1.807) is 0 Å². The second-order valence-electron chi connectivity index (χ2n) is 3.38. The average Bonchev–Trinajstić information content (AvgIpc) is 2.20. The third-order valence-electron chi connectivity index (χ3n) is 1.97. The van der Waals surface area contributed by atoms with E-state index in [1.807, 2.05) is 6.92 Å². The summed E-state index contributed by atoms with van der Waals surface area (Å²) in [6, 6.07) is 3.90. The Hall–Kier alpha value is -0.780. The van der Waals surface area contributed by atoms with Crippen LogP contribution in [-0.4, -0.2) is 14.3 Å². The van der Waals surface area contributed by atoms with E-state index in [0.717, 1.165) is 6.42 Å². The molecule has 0 spiro atoms. The molecule has 1 amide bonds. The molecule has 1 N–H and O–H groups in total. The fourth-order valence-electron chi connectivity index (χ4n) is 1.19. The summed E-state index contributed by atoms with van der Waals surface area (Å²) in [6.45, 7) is 1.88. The molecule has 0 saturated carbocycles. The fraction of sp³-hybridized carbons (Fsp3) is 0.300. The van der Waals surface area contributed by atoms with Gasteiger partial charge in [-0.2, -0.15) is 0 Å². The summed E-state index contributed by atoms with van der Waals surface area (Å²) < 4.78 is 22.1. The highest BCUT2D eigenvalue weighted by molar-refractivity contribution is 8.13. The van der Waals surface area contributed by atoms with E-state index in [4.69, 9.17) is 22.3 Å². The van der Waals surface area contributed by atoms with Crippen LogP contribution in [0.3, 0.4) is 0 Å². The van der Waals surface area contributed by atoms with Gasteiger partial charge in [0.1, 0.15) is 0 Å². The van der Waals surface area contributed by atoms with Gasteiger partial charge in [0, 0.05) is 17.1 Å². The summed E-state index contributed by atoms with van der Waals surface area (Å²) in [4.78, 5) is 11.2. The Labute approximate surface area is 109 Å². The van der Waals surface area contributed by atoms with Crippen molar-refractivity contribution in [1.29, 1.82) is 0 Å². The Kier molecular flexibility index (Phi) is 4.80. The minimum Gasteiger partial charge on any atom is -0.325 e. The number of anilines is 1. The Bertz CT molecular complexity index is 528. The summed E-state index contributed by atoms with van der Waals surface area (Å²) in [5.41, 5.74) is 0.370. The fourth-order valence-corrected chi connectivity index (χ4v) is 2.26. The molecular formula is C10H11Cl2NO3S. The standard InChI is InChI=1S/C10H11Cl2NO3S/c1-2-3-10(14)13-9-5-4-7(6-8(9)11)17(12,15)16/h4-6H,2-3H2,1H3,(H,13,14). The summed E-state index contributed by atoms with van der Waals surface area (Å²) in [7, 11) is 1.36. The molecule has 0 aliphatic carbocycles. The number of benzene rings is 1. The molecule has 17 heavy (non-hydrogen) atoms. The van der Waals surface area contributed by atoms with Crippen molar-refractivity contribution < 1.29 is 13.2 Å². The van der Waals surface area contributed by atoms with Crippen molar-refractivity contribution in [3.05, 3.63) is 23.2 Å². The Morgan fingerprint density at radius 3 is 2.53 bits per heavy atom. The molecule has 0 aliphatic heterocycles. The van der Waals surface area contributed by atoms with Crippen molar-refractivity contribution in [3.8, 4) is 0 Å². The van der Waals surface area contributed by atoms with Gasteiger partial charge < -0.3 is 5.32 Å². The zero-order chi connectivity index (χ0) is 13.1. The molecule has 0 atom stereocenters. The van der Waals surface area contributed by atoms with Crippen molar-refractivity contribution in [2.75, 3.05) is 5.32 Å². The number of halogens is 2. The first-order chi connectivity index (χ1) is 7.84. The van der Waals surface area contributed by atoms with Crippen LogP contribution in [0, 0.1) is 0 Å². The molecule has 0 heterocycles. The maximum absolute atomic E-state index is 11.3. The van der Waals surface area contributed by atoms with E-state index in [2.05, 4.69) is 5.32 Å². The molecule has 0 radical (unpaired) electrons. The highest BCUT2D eigenvalue weighted by atomic mass is 35.7. The topological polar surface area (TPSA) is 63.2 Å². The molecule has 4 nitrogen and oxygen atoms in total. The smallest absolute Gasteiger partial charge is 0.261 e. The van der Waals surface area contributed by atoms with Crippen molar-refractivity contribution in [2.24, 2.45) is 0 Å². The molecular weight excluding hydrogens is 285 g/mol. The quantitative estimate of drug-likeness (QED) is 0.869. The van der Waals surface area contributed by atoms with Crippen molar-refractivity contribution in [2.45, 2.75) is 24.7 Å². The van der Waals surface area contributed by atoms with Crippen LogP contribution >= 0.6 is 22.3 Å². The van der Waals surface area contributed by atoms with Crippen molar-refractivity contribution in [1.82, 2.24) is 0 Å². The maximum Gasteiger partial charge on any atom is 0.261 e. The molecule has 7 heteroatoms. The Morgan fingerprint density at radius 1 is 1.41 bits per heavy atom. The lowest BCUT2D eigenvalue weighted by Gasteiger charge is -2.07. The first-order valence-corrected chi connectivity index (χ1v) is 7.57. The van der Waals surface area contributed by atoms with Crippen LogP contribution in [0.2, 0.25) is 5.02 Å². The number of hydrogen-bond acceptors (Lipinski definition) is 3. The zero-order valence-corrected chi connectivity index (χ0v) is 11.4. The van der Waals surface area contributed by atoms with Gasteiger partial charge in [-0.15, -0.1) is 0 Å². The molecule has 0 aromatic heterocycles. The third-order valence-corrected chi connectivity index (χ3v) is 3.64. The number of nitrogens with one attached hydrogen (secondary N) is 1.